The highest BCUT2D eigenvalue weighted by atomic mass is 35.5. The third-order valence-corrected chi connectivity index (χ3v) is 8.74. The van der Waals surface area contributed by atoms with Crippen molar-refractivity contribution >= 4 is 34.9 Å². The minimum Gasteiger partial charge on any atom is -0.497 e. The van der Waals surface area contributed by atoms with E-state index in [9.17, 15) is 9.59 Å². The van der Waals surface area contributed by atoms with Crippen molar-refractivity contribution in [3.05, 3.63) is 64.6 Å². The van der Waals surface area contributed by atoms with Crippen LogP contribution in [-0.2, 0) is 17.3 Å². The predicted molar refractivity (Wildman–Crippen MR) is 150 cm³/mol. The maximum atomic E-state index is 14.0. The highest BCUT2D eigenvalue weighted by molar-refractivity contribution is 6.30. The highest BCUT2D eigenvalue weighted by Crippen LogP contribution is 2.50. The first kappa shape index (κ1) is 25.7. The second-order valence-corrected chi connectivity index (χ2v) is 11.5. The van der Waals surface area contributed by atoms with Gasteiger partial charge in [0.2, 0.25) is 5.91 Å². The van der Waals surface area contributed by atoms with Gasteiger partial charge in [0.15, 0.2) is 5.82 Å². The number of aryl methyl sites for hydroxylation is 2. The van der Waals surface area contributed by atoms with Gasteiger partial charge in [-0.2, -0.15) is 5.10 Å². The fraction of sp³-hybridized carbons (Fsp3) is 0.448. The zero-order valence-corrected chi connectivity index (χ0v) is 23.2. The van der Waals surface area contributed by atoms with Gasteiger partial charge in [0, 0.05) is 56.9 Å². The number of benzene rings is 1. The lowest BCUT2D eigenvalue weighted by molar-refractivity contribution is -0.124. The van der Waals surface area contributed by atoms with Gasteiger partial charge in [-0.25, -0.2) is 0 Å². The number of pyridine rings is 1. The molecule has 0 radical (unpaired) electrons. The lowest BCUT2D eigenvalue weighted by atomic mass is 9.74. The number of hydrogen-bond donors (Lipinski definition) is 1. The first-order chi connectivity index (χ1) is 18.8. The summed E-state index contributed by atoms with van der Waals surface area (Å²) in [5.74, 6) is 2.06. The van der Waals surface area contributed by atoms with E-state index in [1.807, 2.05) is 49.3 Å². The van der Waals surface area contributed by atoms with E-state index in [0.29, 0.717) is 41.8 Å². The summed E-state index contributed by atoms with van der Waals surface area (Å²) >= 11 is 6.05. The van der Waals surface area contributed by atoms with Crippen molar-refractivity contribution in [2.24, 2.45) is 13.0 Å². The summed E-state index contributed by atoms with van der Waals surface area (Å²) in [7, 11) is 3.56. The summed E-state index contributed by atoms with van der Waals surface area (Å²) in [5.41, 5.74) is 2.64. The van der Waals surface area contributed by atoms with E-state index in [4.69, 9.17) is 16.3 Å². The molecular formula is C29H33ClN6O3. The first-order valence-electron chi connectivity index (χ1n) is 13.5. The number of nitrogens with zero attached hydrogens (tertiary/aromatic N) is 5. The molecule has 1 spiro atoms. The molecule has 4 heterocycles. The number of carbonyl (C=O) groups excluding carboxylic acids is 2. The lowest BCUT2D eigenvalue weighted by Crippen LogP contribution is -2.64. The molecule has 2 aromatic heterocycles. The molecule has 1 saturated carbocycles. The Balaban J connectivity index is 1.13. The van der Waals surface area contributed by atoms with Crippen LogP contribution in [0.4, 0.5) is 11.5 Å². The Hall–Kier alpha value is -3.59. The smallest absolute Gasteiger partial charge is 0.253 e. The number of amides is 2. The van der Waals surface area contributed by atoms with Crippen molar-refractivity contribution in [2.45, 2.75) is 44.1 Å². The monoisotopic (exact) mass is 548 g/mol. The fourth-order valence-corrected chi connectivity index (χ4v) is 6.48. The molecule has 3 aliphatic rings. The number of carbonyl (C=O) groups is 2. The van der Waals surface area contributed by atoms with Crippen molar-refractivity contribution in [1.82, 2.24) is 20.1 Å². The van der Waals surface area contributed by atoms with Crippen LogP contribution in [0.25, 0.3) is 0 Å². The Morgan fingerprint density at radius 3 is 2.64 bits per heavy atom. The van der Waals surface area contributed by atoms with E-state index in [0.717, 1.165) is 48.5 Å². The van der Waals surface area contributed by atoms with E-state index in [-0.39, 0.29) is 17.9 Å². The molecule has 1 saturated heterocycles. The maximum Gasteiger partial charge on any atom is 0.253 e. The predicted octanol–water partition coefficient (Wildman–Crippen LogP) is 3.88. The van der Waals surface area contributed by atoms with Crippen LogP contribution in [0.15, 0.2) is 42.7 Å². The molecule has 0 bridgehead atoms. The van der Waals surface area contributed by atoms with Gasteiger partial charge < -0.3 is 19.9 Å². The quantitative estimate of drug-likeness (QED) is 0.502. The van der Waals surface area contributed by atoms with Crippen LogP contribution in [0, 0.1) is 12.8 Å². The topological polar surface area (TPSA) is 92.6 Å². The van der Waals surface area contributed by atoms with Crippen LogP contribution in [0.3, 0.4) is 0 Å². The zero-order valence-electron chi connectivity index (χ0n) is 22.5. The summed E-state index contributed by atoms with van der Waals surface area (Å²) in [6.07, 6.45) is 7.11. The summed E-state index contributed by atoms with van der Waals surface area (Å²) < 4.78 is 7.30. The molecule has 10 heteroatoms. The van der Waals surface area contributed by atoms with Crippen molar-refractivity contribution in [3.63, 3.8) is 0 Å². The van der Waals surface area contributed by atoms with E-state index >= 15 is 0 Å². The number of rotatable bonds is 6. The van der Waals surface area contributed by atoms with Gasteiger partial charge in [0.05, 0.1) is 23.4 Å². The van der Waals surface area contributed by atoms with Crippen LogP contribution < -0.4 is 19.9 Å². The van der Waals surface area contributed by atoms with Gasteiger partial charge in [-0.05, 0) is 68.4 Å². The number of fused-ring (bicyclic) bond motifs is 2. The van der Waals surface area contributed by atoms with Gasteiger partial charge in [-0.1, -0.05) is 11.6 Å². The van der Waals surface area contributed by atoms with Gasteiger partial charge >= 0.3 is 0 Å². The minimum atomic E-state index is -0.574. The van der Waals surface area contributed by atoms with Crippen molar-refractivity contribution in [3.8, 4) is 5.75 Å². The number of anilines is 2. The maximum absolute atomic E-state index is 14.0. The SMILES string of the molecule is COc1ccc2c(c1)C1(CN(c3ccn(C)n3)C1)C(=O)N2CC1CCC(NC(=O)c2cc(Cl)cnc2C)CC1. The lowest BCUT2D eigenvalue weighted by Gasteiger charge is -2.47. The number of aromatic nitrogens is 3. The standard InChI is InChI=1S/C29H33ClN6O3/c1-18-23(12-20(30)14-31-18)27(37)32-21-6-4-19(5-7-21)15-36-25-9-8-22(39-3)13-24(25)29(28(36)38)16-35(17-29)26-10-11-34(2)33-26/h8-14,19,21H,4-7,15-17H2,1-3H3,(H,32,37). The molecular weight excluding hydrogens is 516 g/mol. The van der Waals surface area contributed by atoms with E-state index < -0.39 is 5.41 Å². The second kappa shape index (κ2) is 9.86. The van der Waals surface area contributed by atoms with E-state index in [1.54, 1.807) is 24.1 Å². The molecule has 1 aromatic carbocycles. The second-order valence-electron chi connectivity index (χ2n) is 11.1. The summed E-state index contributed by atoms with van der Waals surface area (Å²) in [5, 5.41) is 8.14. The molecule has 1 aliphatic carbocycles. The number of ether oxygens (including phenoxy) is 1. The molecule has 2 fully saturated rings. The highest BCUT2D eigenvalue weighted by Gasteiger charge is 2.58. The van der Waals surface area contributed by atoms with Gasteiger partial charge in [-0.15, -0.1) is 0 Å². The Bertz CT molecular complexity index is 1420. The Morgan fingerprint density at radius 1 is 1.18 bits per heavy atom. The van der Waals surface area contributed by atoms with Gasteiger partial charge in [0.1, 0.15) is 11.2 Å². The van der Waals surface area contributed by atoms with Crippen LogP contribution in [0.2, 0.25) is 5.02 Å². The molecule has 2 amide bonds. The van der Waals surface area contributed by atoms with E-state index in [2.05, 4.69) is 20.3 Å². The first-order valence-corrected chi connectivity index (χ1v) is 13.8. The van der Waals surface area contributed by atoms with Crippen molar-refractivity contribution < 1.29 is 14.3 Å². The average molecular weight is 549 g/mol. The van der Waals surface area contributed by atoms with Crippen LogP contribution in [0.5, 0.6) is 5.75 Å². The zero-order chi connectivity index (χ0) is 27.3. The Morgan fingerprint density at radius 2 is 1.95 bits per heavy atom. The molecule has 3 aromatic rings. The van der Waals surface area contributed by atoms with Crippen LogP contribution >= 0.6 is 11.6 Å². The normalized spacial score (nSPS) is 21.6. The molecule has 2 aliphatic heterocycles. The van der Waals surface area contributed by atoms with Gasteiger partial charge in [0.25, 0.3) is 5.91 Å². The fourth-order valence-electron chi connectivity index (χ4n) is 6.32. The van der Waals surface area contributed by atoms with Crippen molar-refractivity contribution in [2.75, 3.05) is 36.5 Å². The number of nitrogens with one attached hydrogen (secondary N) is 1. The van der Waals surface area contributed by atoms with Crippen LogP contribution in [0.1, 0.15) is 47.3 Å². The summed E-state index contributed by atoms with van der Waals surface area (Å²) in [4.78, 5) is 35.2. The number of methoxy groups -OCH3 is 1. The number of hydrogen-bond acceptors (Lipinski definition) is 6. The van der Waals surface area contributed by atoms with Crippen molar-refractivity contribution in [1.29, 1.82) is 0 Å². The third-order valence-electron chi connectivity index (χ3n) is 8.53. The molecule has 6 rings (SSSR count). The molecule has 204 valence electrons. The van der Waals surface area contributed by atoms with E-state index in [1.165, 1.54) is 0 Å². The molecule has 1 N–H and O–H groups in total. The average Bonchev–Trinajstić information content (AvgIpc) is 3.43. The Kier molecular flexibility index (Phi) is 6.49. The molecule has 9 nitrogen and oxygen atoms in total. The molecule has 0 unspecified atom stereocenters. The summed E-state index contributed by atoms with van der Waals surface area (Å²) in [6, 6.07) is 9.74. The van der Waals surface area contributed by atoms with Crippen LogP contribution in [-0.4, -0.2) is 59.4 Å². The third kappa shape index (κ3) is 4.52. The number of halogens is 1. The minimum absolute atomic E-state index is 0.0999. The largest absolute Gasteiger partial charge is 0.497 e. The molecule has 0 atom stereocenters. The summed E-state index contributed by atoms with van der Waals surface area (Å²) in [6.45, 7) is 3.71. The van der Waals surface area contributed by atoms with Gasteiger partial charge in [-0.3, -0.25) is 19.3 Å². The Labute approximate surface area is 233 Å². The molecule has 39 heavy (non-hydrogen) atoms.